The highest BCUT2D eigenvalue weighted by atomic mass is 19.3. The number of carbonyl (C=O) groups is 1. The molecule has 2 N–H and O–H groups in total. The van der Waals surface area contributed by atoms with Crippen LogP contribution in [0.2, 0.25) is 0 Å². The Kier molecular flexibility index (Phi) is 4.27. The molecule has 0 spiro atoms. The zero-order chi connectivity index (χ0) is 15.7. The third-order valence-corrected chi connectivity index (χ3v) is 3.86. The Bertz CT molecular complexity index is 529. The van der Waals surface area contributed by atoms with Crippen molar-refractivity contribution >= 4 is 5.91 Å². The number of benzene rings is 1. The van der Waals surface area contributed by atoms with Crippen LogP contribution in [-0.2, 0) is 11.2 Å². The second kappa shape index (κ2) is 5.67. The molecule has 1 saturated carbocycles. The molecule has 6 heteroatoms. The molecule has 1 amide bonds. The number of nitrogens with one attached hydrogen (secondary N) is 1. The summed E-state index contributed by atoms with van der Waals surface area (Å²) in [7, 11) is 0. The molecule has 1 aliphatic carbocycles. The molecule has 1 unspecified atom stereocenters. The van der Waals surface area contributed by atoms with Crippen LogP contribution in [0.15, 0.2) is 24.3 Å². The van der Waals surface area contributed by atoms with Crippen molar-refractivity contribution in [2.24, 2.45) is 0 Å². The van der Waals surface area contributed by atoms with Crippen LogP contribution < -0.4 is 5.32 Å². The molecule has 1 aromatic carbocycles. The number of amides is 1. The summed E-state index contributed by atoms with van der Waals surface area (Å²) in [5, 5.41) is 11.9. The van der Waals surface area contributed by atoms with Gasteiger partial charge in [-0.25, -0.2) is 4.39 Å². The first-order valence-electron chi connectivity index (χ1n) is 6.90. The van der Waals surface area contributed by atoms with Crippen LogP contribution in [0, 0.1) is 5.82 Å². The Morgan fingerprint density at radius 1 is 1.48 bits per heavy atom. The molecule has 1 fully saturated rings. The van der Waals surface area contributed by atoms with Gasteiger partial charge >= 0.3 is 5.92 Å². The number of halogens is 3. The van der Waals surface area contributed by atoms with E-state index in [0.717, 1.165) is 0 Å². The topological polar surface area (TPSA) is 49.3 Å². The monoisotopic (exact) mass is 301 g/mol. The quantitative estimate of drug-likeness (QED) is 0.877. The van der Waals surface area contributed by atoms with E-state index in [0.29, 0.717) is 12.0 Å². The van der Waals surface area contributed by atoms with Gasteiger partial charge in [0.2, 0.25) is 0 Å². The predicted molar refractivity (Wildman–Crippen MR) is 71.5 cm³/mol. The fourth-order valence-electron chi connectivity index (χ4n) is 2.42. The van der Waals surface area contributed by atoms with Crippen LogP contribution in [0.25, 0.3) is 0 Å². The van der Waals surface area contributed by atoms with E-state index in [9.17, 15) is 23.1 Å². The fourth-order valence-corrected chi connectivity index (χ4v) is 2.42. The van der Waals surface area contributed by atoms with Crippen molar-refractivity contribution in [2.75, 3.05) is 0 Å². The lowest BCUT2D eigenvalue weighted by Gasteiger charge is -2.41. The molecule has 116 valence electrons. The van der Waals surface area contributed by atoms with Crippen LogP contribution >= 0.6 is 0 Å². The highest BCUT2D eigenvalue weighted by Crippen LogP contribution is 2.44. The zero-order valence-corrected chi connectivity index (χ0v) is 11.7. The minimum atomic E-state index is -3.80. The van der Waals surface area contributed by atoms with Crippen molar-refractivity contribution < 1.29 is 23.1 Å². The van der Waals surface area contributed by atoms with E-state index in [1.807, 2.05) is 0 Å². The summed E-state index contributed by atoms with van der Waals surface area (Å²) in [4.78, 5) is 11.7. The maximum Gasteiger partial charge on any atom is 0.352 e. The summed E-state index contributed by atoms with van der Waals surface area (Å²) in [5.41, 5.74) is -1.62. The summed E-state index contributed by atoms with van der Waals surface area (Å²) in [6.45, 7) is 1.56. The van der Waals surface area contributed by atoms with Gasteiger partial charge < -0.3 is 10.4 Å². The van der Waals surface area contributed by atoms with Crippen molar-refractivity contribution in [1.29, 1.82) is 0 Å². The summed E-state index contributed by atoms with van der Waals surface area (Å²) >= 11 is 0. The lowest BCUT2D eigenvalue weighted by Crippen LogP contribution is -2.61. The lowest BCUT2D eigenvalue weighted by atomic mass is 9.75. The molecular formula is C15H18F3NO2. The second-order valence-electron chi connectivity index (χ2n) is 5.67. The molecule has 0 radical (unpaired) electrons. The second-order valence-corrected chi connectivity index (χ2v) is 5.67. The average molecular weight is 301 g/mol. The van der Waals surface area contributed by atoms with E-state index in [-0.39, 0.29) is 19.3 Å². The van der Waals surface area contributed by atoms with Gasteiger partial charge in [-0.3, -0.25) is 4.79 Å². The van der Waals surface area contributed by atoms with Crippen LogP contribution in [0.3, 0.4) is 0 Å². The molecule has 1 atom stereocenters. The summed E-state index contributed by atoms with van der Waals surface area (Å²) in [6, 6.07) is 5.16. The van der Waals surface area contributed by atoms with Crippen molar-refractivity contribution in [3.8, 4) is 0 Å². The molecule has 2 rings (SSSR count). The average Bonchev–Trinajstić information content (AvgIpc) is 2.35. The Hall–Kier alpha value is -1.56. The third-order valence-electron chi connectivity index (χ3n) is 3.86. The highest BCUT2D eigenvalue weighted by molar-refractivity contribution is 5.85. The zero-order valence-electron chi connectivity index (χ0n) is 11.7. The van der Waals surface area contributed by atoms with E-state index in [4.69, 9.17) is 0 Å². The molecule has 0 saturated heterocycles. The van der Waals surface area contributed by atoms with Crippen molar-refractivity contribution in [3.63, 3.8) is 0 Å². The smallest absolute Gasteiger partial charge is 0.352 e. The van der Waals surface area contributed by atoms with Gasteiger partial charge in [-0.15, -0.1) is 0 Å². The first-order valence-corrected chi connectivity index (χ1v) is 6.90. The maximum atomic E-state index is 13.9. The number of alkyl halides is 2. The molecule has 0 heterocycles. The molecule has 3 nitrogen and oxygen atoms in total. The molecule has 0 bridgehead atoms. The first-order chi connectivity index (χ1) is 9.74. The van der Waals surface area contributed by atoms with Gasteiger partial charge in [0.25, 0.3) is 5.91 Å². The summed E-state index contributed by atoms with van der Waals surface area (Å²) in [5.74, 6) is -5.70. The van der Waals surface area contributed by atoms with Gasteiger partial charge in [-0.2, -0.15) is 8.78 Å². The van der Waals surface area contributed by atoms with Gasteiger partial charge in [0.1, 0.15) is 11.4 Å². The minimum absolute atomic E-state index is 0.0777. The maximum absolute atomic E-state index is 13.9. The summed E-state index contributed by atoms with van der Waals surface area (Å²) < 4.78 is 40.8. The van der Waals surface area contributed by atoms with Crippen LogP contribution in [0.1, 0.15) is 31.7 Å². The van der Waals surface area contributed by atoms with Gasteiger partial charge in [0.15, 0.2) is 0 Å². The van der Waals surface area contributed by atoms with Gasteiger partial charge in [-0.05, 0) is 50.3 Å². The molecule has 1 aromatic rings. The van der Waals surface area contributed by atoms with Crippen molar-refractivity contribution in [3.05, 3.63) is 35.6 Å². The van der Waals surface area contributed by atoms with Crippen LogP contribution in [0.4, 0.5) is 13.2 Å². The fraction of sp³-hybridized carbons (Fsp3) is 0.533. The van der Waals surface area contributed by atoms with Crippen LogP contribution in [0.5, 0.6) is 0 Å². The summed E-state index contributed by atoms with van der Waals surface area (Å²) in [6.07, 6.45) is 0.563. The third kappa shape index (κ3) is 3.20. The Labute approximate surface area is 121 Å². The number of aliphatic hydroxyl groups is 1. The lowest BCUT2D eigenvalue weighted by molar-refractivity contribution is -0.216. The van der Waals surface area contributed by atoms with E-state index >= 15 is 0 Å². The van der Waals surface area contributed by atoms with E-state index in [1.165, 1.54) is 18.2 Å². The highest BCUT2D eigenvalue weighted by Gasteiger charge is 2.61. The Morgan fingerprint density at radius 3 is 2.67 bits per heavy atom. The van der Waals surface area contributed by atoms with Crippen LogP contribution in [-0.4, -0.2) is 28.6 Å². The van der Waals surface area contributed by atoms with Gasteiger partial charge in [0, 0.05) is 6.04 Å². The van der Waals surface area contributed by atoms with E-state index in [2.05, 4.69) is 5.32 Å². The number of rotatable bonds is 5. The SMILES string of the molecule is CC(Cc1cccc(F)c1)NC(=O)C(F)(F)C1(O)CCC1. The van der Waals surface area contributed by atoms with Gasteiger partial charge in [-0.1, -0.05) is 12.1 Å². The van der Waals surface area contributed by atoms with Gasteiger partial charge in [0.05, 0.1) is 0 Å². The van der Waals surface area contributed by atoms with E-state index < -0.39 is 29.3 Å². The standard InChI is InChI=1S/C15H18F3NO2/c1-10(8-11-4-2-5-12(16)9-11)19-13(20)15(17,18)14(21)6-3-7-14/h2,4-5,9-10,21H,3,6-8H2,1H3,(H,19,20). The Balaban J connectivity index is 1.96. The number of carbonyl (C=O) groups excluding carboxylic acids is 1. The first kappa shape index (κ1) is 15.8. The molecular weight excluding hydrogens is 283 g/mol. The molecule has 0 aromatic heterocycles. The molecule has 21 heavy (non-hydrogen) atoms. The largest absolute Gasteiger partial charge is 0.383 e. The molecule has 1 aliphatic rings. The Morgan fingerprint density at radius 2 is 2.14 bits per heavy atom. The van der Waals surface area contributed by atoms with E-state index in [1.54, 1.807) is 13.0 Å². The van der Waals surface area contributed by atoms with Crippen molar-refractivity contribution in [1.82, 2.24) is 5.32 Å². The van der Waals surface area contributed by atoms with Crippen molar-refractivity contribution in [2.45, 2.75) is 50.2 Å². The minimum Gasteiger partial charge on any atom is -0.383 e. The predicted octanol–water partition coefficient (Wildman–Crippen LogP) is 2.42. The molecule has 0 aliphatic heterocycles. The number of hydrogen-bond donors (Lipinski definition) is 2. The number of hydrogen-bond acceptors (Lipinski definition) is 2. The normalized spacial score (nSPS) is 18.7.